The molecule has 2 nitrogen and oxygen atoms in total. The van der Waals surface area contributed by atoms with Crippen molar-refractivity contribution in [3.63, 3.8) is 0 Å². The molecular weight excluding hydrogens is 276 g/mol. The third-order valence-corrected chi connectivity index (χ3v) is 5.49. The Morgan fingerprint density at radius 2 is 1.73 bits per heavy atom. The van der Waals surface area contributed by atoms with Crippen LogP contribution >= 0.6 is 25.0 Å². The lowest BCUT2D eigenvalue weighted by Crippen LogP contribution is -2.44. The molecule has 1 aliphatic rings. The molecule has 1 aliphatic carbocycles. The van der Waals surface area contributed by atoms with Crippen LogP contribution in [0.1, 0.15) is 46.0 Å². The van der Waals surface area contributed by atoms with E-state index in [1.807, 2.05) is 0 Å². The van der Waals surface area contributed by atoms with Crippen molar-refractivity contribution in [3.8, 4) is 0 Å². The second-order valence-electron chi connectivity index (χ2n) is 4.35. The number of hydrogen-bond donors (Lipinski definition) is 0. The number of halogens is 1. The fourth-order valence-electron chi connectivity index (χ4n) is 2.52. The SMILES string of the molecule is CC(=O)C(SBr)C1(C(C)=O)CCCCC1. The molecule has 4 heteroatoms. The van der Waals surface area contributed by atoms with Crippen LogP contribution in [0.2, 0.25) is 0 Å². The number of carbonyl (C=O) groups is 2. The molecule has 1 unspecified atom stereocenters. The summed E-state index contributed by atoms with van der Waals surface area (Å²) in [5.41, 5.74) is -0.405. The Bertz CT molecular complexity index is 259. The van der Waals surface area contributed by atoms with Crippen LogP contribution in [0.4, 0.5) is 0 Å². The van der Waals surface area contributed by atoms with Gasteiger partial charge in [0.05, 0.1) is 5.25 Å². The molecule has 15 heavy (non-hydrogen) atoms. The van der Waals surface area contributed by atoms with E-state index in [1.54, 1.807) is 13.8 Å². The Hall–Kier alpha value is 0.170. The van der Waals surface area contributed by atoms with Crippen molar-refractivity contribution in [3.05, 3.63) is 0 Å². The van der Waals surface area contributed by atoms with Crippen molar-refractivity contribution in [2.24, 2.45) is 5.41 Å². The average molecular weight is 293 g/mol. The van der Waals surface area contributed by atoms with Crippen LogP contribution in [0.3, 0.4) is 0 Å². The normalized spacial score (nSPS) is 22.1. The predicted octanol–water partition coefficient (Wildman–Crippen LogP) is 3.53. The monoisotopic (exact) mass is 292 g/mol. The molecule has 0 saturated heterocycles. The highest BCUT2D eigenvalue weighted by Gasteiger charge is 2.46. The van der Waals surface area contributed by atoms with Crippen LogP contribution in [-0.2, 0) is 9.59 Å². The van der Waals surface area contributed by atoms with Gasteiger partial charge >= 0.3 is 0 Å². The minimum Gasteiger partial charge on any atom is -0.299 e. The Morgan fingerprint density at radius 1 is 1.20 bits per heavy atom. The van der Waals surface area contributed by atoms with Crippen LogP contribution < -0.4 is 0 Å². The molecule has 1 atom stereocenters. The Balaban J connectivity index is 2.97. The van der Waals surface area contributed by atoms with Gasteiger partial charge in [0.1, 0.15) is 11.6 Å². The zero-order valence-corrected chi connectivity index (χ0v) is 11.6. The molecular formula is C11H17BrO2S. The summed E-state index contributed by atoms with van der Waals surface area (Å²) < 4.78 is 0. The zero-order valence-electron chi connectivity index (χ0n) is 9.22. The fraction of sp³-hybridized carbons (Fsp3) is 0.818. The molecule has 0 aliphatic heterocycles. The first-order valence-electron chi connectivity index (χ1n) is 5.33. The minimum atomic E-state index is -0.405. The average Bonchev–Trinajstić information content (AvgIpc) is 2.19. The third-order valence-electron chi connectivity index (χ3n) is 3.41. The van der Waals surface area contributed by atoms with Gasteiger partial charge in [0.15, 0.2) is 0 Å². The molecule has 1 rings (SSSR count). The van der Waals surface area contributed by atoms with Crippen molar-refractivity contribution in [2.75, 3.05) is 0 Å². The Morgan fingerprint density at radius 3 is 2.07 bits per heavy atom. The fourth-order valence-corrected chi connectivity index (χ4v) is 5.08. The molecule has 0 aromatic carbocycles. The van der Waals surface area contributed by atoms with Gasteiger partial charge in [0.2, 0.25) is 0 Å². The maximum Gasteiger partial charge on any atom is 0.144 e. The van der Waals surface area contributed by atoms with Crippen molar-refractivity contribution in [1.82, 2.24) is 0 Å². The van der Waals surface area contributed by atoms with Gasteiger partial charge in [-0.05, 0) is 41.5 Å². The van der Waals surface area contributed by atoms with Crippen LogP contribution in [0.15, 0.2) is 0 Å². The molecule has 1 fully saturated rings. The van der Waals surface area contributed by atoms with Crippen LogP contribution in [-0.4, -0.2) is 16.8 Å². The van der Waals surface area contributed by atoms with Crippen molar-refractivity contribution < 1.29 is 9.59 Å². The van der Waals surface area contributed by atoms with Gasteiger partial charge in [-0.25, -0.2) is 0 Å². The van der Waals surface area contributed by atoms with Crippen molar-refractivity contribution in [2.45, 2.75) is 51.2 Å². The molecule has 0 radical (unpaired) electrons. The highest BCUT2D eigenvalue weighted by atomic mass is 79.9. The summed E-state index contributed by atoms with van der Waals surface area (Å²) in [5.74, 6) is 0.281. The highest BCUT2D eigenvalue weighted by molar-refractivity contribution is 9.50. The van der Waals surface area contributed by atoms with Gasteiger partial charge < -0.3 is 0 Å². The number of ketones is 2. The van der Waals surface area contributed by atoms with Crippen molar-refractivity contribution in [1.29, 1.82) is 0 Å². The number of Topliss-reactive ketones (excluding diaryl/α,β-unsaturated/α-hetero) is 2. The lowest BCUT2D eigenvalue weighted by molar-refractivity contribution is -0.132. The van der Waals surface area contributed by atoms with Crippen LogP contribution in [0.25, 0.3) is 0 Å². The van der Waals surface area contributed by atoms with E-state index in [9.17, 15) is 9.59 Å². The standard InChI is InChI=1S/C11H17BrO2S/c1-8(13)10(15-12)11(9(2)14)6-4-3-5-7-11/h10H,3-7H2,1-2H3. The largest absolute Gasteiger partial charge is 0.299 e. The Kier molecular flexibility index (Phi) is 4.84. The van der Waals surface area contributed by atoms with Gasteiger partial charge in [0.25, 0.3) is 0 Å². The van der Waals surface area contributed by atoms with Crippen LogP contribution in [0.5, 0.6) is 0 Å². The lowest BCUT2D eigenvalue weighted by atomic mass is 9.68. The quantitative estimate of drug-likeness (QED) is 0.795. The molecule has 0 aromatic rings. The van der Waals surface area contributed by atoms with E-state index in [0.717, 1.165) is 25.7 Å². The summed E-state index contributed by atoms with van der Waals surface area (Å²) in [6.45, 7) is 3.21. The van der Waals surface area contributed by atoms with E-state index in [-0.39, 0.29) is 16.8 Å². The second kappa shape index (κ2) is 5.48. The minimum absolute atomic E-state index is 0.106. The number of hydrogen-bond acceptors (Lipinski definition) is 3. The molecule has 1 saturated carbocycles. The molecule has 0 heterocycles. The van der Waals surface area contributed by atoms with Gasteiger partial charge in [0, 0.05) is 5.41 Å². The molecule has 0 aromatic heterocycles. The summed E-state index contributed by atoms with van der Waals surface area (Å²) in [5, 5.41) is -0.213. The first kappa shape index (κ1) is 13.2. The summed E-state index contributed by atoms with van der Waals surface area (Å²) in [6, 6.07) is 0. The van der Waals surface area contributed by atoms with Crippen molar-refractivity contribution >= 4 is 36.6 Å². The number of carbonyl (C=O) groups excluding carboxylic acids is 2. The van der Waals surface area contributed by atoms with E-state index >= 15 is 0 Å². The lowest BCUT2D eigenvalue weighted by Gasteiger charge is -2.39. The molecule has 86 valence electrons. The Labute approximate surface area is 103 Å². The third kappa shape index (κ3) is 2.64. The first-order valence-corrected chi connectivity index (χ1v) is 8.06. The van der Waals surface area contributed by atoms with E-state index in [2.05, 4.69) is 14.8 Å². The van der Waals surface area contributed by atoms with E-state index in [4.69, 9.17) is 0 Å². The first-order chi connectivity index (χ1) is 7.04. The second-order valence-corrected chi connectivity index (χ2v) is 6.12. The van der Waals surface area contributed by atoms with Gasteiger partial charge in [-0.15, -0.1) is 0 Å². The summed E-state index contributed by atoms with van der Waals surface area (Å²) in [7, 11) is 1.35. The van der Waals surface area contributed by atoms with Gasteiger partial charge in [-0.3, -0.25) is 9.59 Å². The molecule has 0 bridgehead atoms. The maximum absolute atomic E-state index is 11.8. The summed E-state index contributed by atoms with van der Waals surface area (Å²) in [6.07, 6.45) is 5.05. The topological polar surface area (TPSA) is 34.1 Å². The molecule has 0 amide bonds. The van der Waals surface area contributed by atoms with E-state index in [0.29, 0.717) is 0 Å². The smallest absolute Gasteiger partial charge is 0.144 e. The number of rotatable bonds is 4. The van der Waals surface area contributed by atoms with E-state index in [1.165, 1.54) is 16.6 Å². The predicted molar refractivity (Wildman–Crippen MR) is 67.2 cm³/mol. The van der Waals surface area contributed by atoms with Gasteiger partial charge in [-0.1, -0.05) is 29.5 Å². The zero-order chi connectivity index (χ0) is 11.5. The maximum atomic E-state index is 11.8. The van der Waals surface area contributed by atoms with Gasteiger partial charge in [-0.2, -0.15) is 0 Å². The summed E-state index contributed by atoms with van der Waals surface area (Å²) in [4.78, 5) is 23.4. The van der Waals surface area contributed by atoms with E-state index < -0.39 is 5.41 Å². The molecule has 0 N–H and O–H groups in total. The molecule has 0 spiro atoms. The highest BCUT2D eigenvalue weighted by Crippen LogP contribution is 2.46. The van der Waals surface area contributed by atoms with Crippen LogP contribution in [0, 0.1) is 5.41 Å². The summed E-state index contributed by atoms with van der Waals surface area (Å²) >= 11 is 3.30.